The fourth-order valence-electron chi connectivity index (χ4n) is 3.54. The second-order valence-electron chi connectivity index (χ2n) is 7.03. The number of amides is 4. The van der Waals surface area contributed by atoms with E-state index < -0.39 is 29.2 Å². The summed E-state index contributed by atoms with van der Waals surface area (Å²) in [4.78, 5) is 36.7. The Morgan fingerprint density at radius 2 is 1.89 bits per heavy atom. The minimum Gasteiger partial charge on any atom is -0.349 e. The van der Waals surface area contributed by atoms with Gasteiger partial charge in [-0.05, 0) is 54.2 Å². The summed E-state index contributed by atoms with van der Waals surface area (Å²) in [5.74, 6) is -1.55. The molecule has 2 aromatic carbocycles. The minimum absolute atomic E-state index is 0.0255. The van der Waals surface area contributed by atoms with Crippen molar-refractivity contribution < 1.29 is 18.8 Å². The Morgan fingerprint density at radius 1 is 1.18 bits per heavy atom. The van der Waals surface area contributed by atoms with Crippen LogP contribution < -0.4 is 16.0 Å². The molecule has 2 aromatic rings. The maximum atomic E-state index is 13.8. The molecule has 3 N–H and O–H groups in total. The number of nitrogens with one attached hydrogen (secondary N) is 3. The maximum Gasteiger partial charge on any atom is 0.322 e. The predicted octanol–water partition coefficient (Wildman–Crippen LogP) is 2.86. The van der Waals surface area contributed by atoms with Crippen molar-refractivity contribution in [1.29, 1.82) is 0 Å². The van der Waals surface area contributed by atoms with Crippen LogP contribution in [-0.4, -0.2) is 29.9 Å². The Kier molecular flexibility index (Phi) is 4.55. The van der Waals surface area contributed by atoms with Crippen LogP contribution in [0.2, 0.25) is 5.02 Å². The molecule has 1 saturated heterocycles. The van der Waals surface area contributed by atoms with Crippen LogP contribution >= 0.6 is 11.6 Å². The molecular weight excluding hydrogens is 385 g/mol. The van der Waals surface area contributed by atoms with Crippen molar-refractivity contribution in [3.63, 3.8) is 0 Å². The molecule has 1 saturated carbocycles. The largest absolute Gasteiger partial charge is 0.349 e. The van der Waals surface area contributed by atoms with Gasteiger partial charge in [0.25, 0.3) is 11.8 Å². The molecule has 2 aliphatic rings. The molecule has 0 spiro atoms. The first-order valence-corrected chi connectivity index (χ1v) is 9.24. The van der Waals surface area contributed by atoms with Crippen LogP contribution in [0.1, 0.15) is 23.2 Å². The molecule has 0 unspecified atom stereocenters. The first-order chi connectivity index (χ1) is 13.4. The number of rotatable bonds is 5. The third-order valence-corrected chi connectivity index (χ3v) is 5.40. The van der Waals surface area contributed by atoms with Crippen molar-refractivity contribution >= 4 is 29.4 Å². The van der Waals surface area contributed by atoms with E-state index in [1.807, 2.05) is 0 Å². The standard InChI is InChI=1S/C20H17ClFN3O3/c21-13-5-1-11(2-6-13)15-8-7-14(22)9-16(15)17(26)23-10-20(12-3-4-12)18(27)24-19(28)25-20/h1-2,5-9,12H,3-4,10H2,(H,23,26)(H2,24,25,27,28)/t20-/m0/s1. The van der Waals surface area contributed by atoms with Crippen LogP contribution in [0.25, 0.3) is 11.1 Å². The Bertz CT molecular complexity index is 975. The van der Waals surface area contributed by atoms with Crippen molar-refractivity contribution in [1.82, 2.24) is 16.0 Å². The molecule has 0 aromatic heterocycles. The smallest absolute Gasteiger partial charge is 0.322 e. The fourth-order valence-corrected chi connectivity index (χ4v) is 3.66. The molecule has 144 valence electrons. The lowest BCUT2D eigenvalue weighted by Crippen LogP contribution is -2.57. The minimum atomic E-state index is -1.15. The summed E-state index contributed by atoms with van der Waals surface area (Å²) in [5, 5.41) is 8.12. The number of carbonyl (C=O) groups excluding carboxylic acids is 3. The van der Waals surface area contributed by atoms with Crippen molar-refractivity contribution in [3.8, 4) is 11.1 Å². The second kappa shape index (κ2) is 6.91. The summed E-state index contributed by atoms with van der Waals surface area (Å²) in [5.41, 5.74) is 0.229. The highest BCUT2D eigenvalue weighted by Crippen LogP contribution is 2.41. The number of halogens is 2. The summed E-state index contributed by atoms with van der Waals surface area (Å²) < 4.78 is 13.8. The van der Waals surface area contributed by atoms with Gasteiger partial charge in [0.1, 0.15) is 11.4 Å². The molecule has 0 bridgehead atoms. The Balaban J connectivity index is 1.60. The van der Waals surface area contributed by atoms with Crippen LogP contribution in [0.15, 0.2) is 42.5 Å². The molecular formula is C20H17ClFN3O3. The monoisotopic (exact) mass is 401 g/mol. The number of urea groups is 1. The molecule has 2 fully saturated rings. The highest BCUT2D eigenvalue weighted by Gasteiger charge is 2.56. The van der Waals surface area contributed by atoms with Gasteiger partial charge in [0.2, 0.25) is 0 Å². The Morgan fingerprint density at radius 3 is 2.50 bits per heavy atom. The average Bonchev–Trinajstić information content (AvgIpc) is 3.47. The lowest BCUT2D eigenvalue weighted by atomic mass is 9.92. The maximum absolute atomic E-state index is 13.8. The van der Waals surface area contributed by atoms with Gasteiger partial charge in [0.15, 0.2) is 0 Å². The normalized spacial score (nSPS) is 21.2. The molecule has 4 amide bonds. The molecule has 28 heavy (non-hydrogen) atoms. The molecule has 0 radical (unpaired) electrons. The zero-order chi connectivity index (χ0) is 19.9. The van der Waals surface area contributed by atoms with E-state index in [9.17, 15) is 18.8 Å². The third-order valence-electron chi connectivity index (χ3n) is 5.15. The summed E-state index contributed by atoms with van der Waals surface area (Å²) in [6, 6.07) is 10.2. The van der Waals surface area contributed by atoms with Gasteiger partial charge >= 0.3 is 6.03 Å². The topological polar surface area (TPSA) is 87.3 Å². The van der Waals surface area contributed by atoms with Gasteiger partial charge in [-0.3, -0.25) is 14.9 Å². The number of benzene rings is 2. The Labute approximate surface area is 165 Å². The van der Waals surface area contributed by atoms with E-state index in [0.29, 0.717) is 16.1 Å². The predicted molar refractivity (Wildman–Crippen MR) is 101 cm³/mol. The highest BCUT2D eigenvalue weighted by molar-refractivity contribution is 6.30. The van der Waals surface area contributed by atoms with Gasteiger partial charge < -0.3 is 10.6 Å². The van der Waals surface area contributed by atoms with Gasteiger partial charge in [0, 0.05) is 5.02 Å². The number of carbonyl (C=O) groups is 3. The quantitative estimate of drug-likeness (QED) is 0.673. The SMILES string of the molecule is O=C1NC(=O)[C@](CNC(=O)c2cc(F)ccc2-c2ccc(Cl)cc2)(C2CC2)N1. The van der Waals surface area contributed by atoms with Crippen LogP contribution in [0.5, 0.6) is 0 Å². The van der Waals surface area contributed by atoms with E-state index in [1.54, 1.807) is 24.3 Å². The molecule has 1 aliphatic carbocycles. The second-order valence-corrected chi connectivity index (χ2v) is 7.47. The van der Waals surface area contributed by atoms with E-state index in [-0.39, 0.29) is 18.0 Å². The Hall–Kier alpha value is -2.93. The van der Waals surface area contributed by atoms with Crippen molar-refractivity contribution in [2.45, 2.75) is 18.4 Å². The van der Waals surface area contributed by atoms with E-state index >= 15 is 0 Å². The number of hydrogen-bond donors (Lipinski definition) is 3. The molecule has 1 aliphatic heterocycles. The van der Waals surface area contributed by atoms with Gasteiger partial charge in [-0.2, -0.15) is 0 Å². The summed E-state index contributed by atoms with van der Waals surface area (Å²) in [6.07, 6.45) is 1.58. The van der Waals surface area contributed by atoms with Gasteiger partial charge in [0.05, 0.1) is 12.1 Å². The fraction of sp³-hybridized carbons (Fsp3) is 0.250. The van der Waals surface area contributed by atoms with Crippen LogP contribution in [0.4, 0.5) is 9.18 Å². The first-order valence-electron chi connectivity index (χ1n) is 8.86. The van der Waals surface area contributed by atoms with Crippen molar-refractivity contribution in [3.05, 3.63) is 58.9 Å². The summed E-state index contributed by atoms with van der Waals surface area (Å²) in [6.45, 7) is -0.0648. The van der Waals surface area contributed by atoms with Crippen molar-refractivity contribution in [2.75, 3.05) is 6.54 Å². The van der Waals surface area contributed by atoms with Crippen LogP contribution in [0.3, 0.4) is 0 Å². The molecule has 6 nitrogen and oxygen atoms in total. The van der Waals surface area contributed by atoms with E-state index in [4.69, 9.17) is 11.6 Å². The zero-order valence-electron chi connectivity index (χ0n) is 14.7. The first kappa shape index (κ1) is 18.4. The third kappa shape index (κ3) is 3.33. The zero-order valence-corrected chi connectivity index (χ0v) is 15.5. The lowest BCUT2D eigenvalue weighted by Gasteiger charge is -2.26. The molecule has 1 atom stereocenters. The summed E-state index contributed by atoms with van der Waals surface area (Å²) in [7, 11) is 0. The molecule has 1 heterocycles. The van der Waals surface area contributed by atoms with E-state index in [0.717, 1.165) is 18.9 Å². The average molecular weight is 402 g/mol. The number of hydrogen-bond acceptors (Lipinski definition) is 3. The lowest BCUT2D eigenvalue weighted by molar-refractivity contribution is -0.124. The van der Waals surface area contributed by atoms with Crippen LogP contribution in [0, 0.1) is 11.7 Å². The number of imide groups is 1. The molecule has 4 rings (SSSR count). The van der Waals surface area contributed by atoms with Gasteiger partial charge in [-0.25, -0.2) is 9.18 Å². The van der Waals surface area contributed by atoms with Gasteiger partial charge in [-0.15, -0.1) is 0 Å². The van der Waals surface area contributed by atoms with Crippen molar-refractivity contribution in [2.24, 2.45) is 5.92 Å². The van der Waals surface area contributed by atoms with Gasteiger partial charge in [-0.1, -0.05) is 29.8 Å². The summed E-state index contributed by atoms with van der Waals surface area (Å²) >= 11 is 5.91. The molecule has 8 heteroatoms. The van der Waals surface area contributed by atoms with E-state index in [2.05, 4.69) is 16.0 Å². The highest BCUT2D eigenvalue weighted by atomic mass is 35.5. The van der Waals surface area contributed by atoms with E-state index in [1.165, 1.54) is 12.1 Å². The van der Waals surface area contributed by atoms with Crippen LogP contribution in [-0.2, 0) is 4.79 Å².